The minimum Gasteiger partial charge on any atom is -0.491 e. The van der Waals surface area contributed by atoms with E-state index < -0.39 is 11.9 Å². The number of para-hydroxylation sites is 2. The van der Waals surface area contributed by atoms with E-state index in [0.29, 0.717) is 17.9 Å². The van der Waals surface area contributed by atoms with E-state index in [0.717, 1.165) is 28.0 Å². The van der Waals surface area contributed by atoms with Crippen molar-refractivity contribution >= 4 is 28.5 Å². The van der Waals surface area contributed by atoms with Crippen LogP contribution in [0.5, 0.6) is 5.75 Å². The number of furan rings is 1. The van der Waals surface area contributed by atoms with Crippen molar-refractivity contribution in [2.24, 2.45) is 5.92 Å². The molecular formula is C29H30N2O5. The molecule has 36 heavy (non-hydrogen) atoms. The number of fused-ring (bicyclic) bond motifs is 1. The molecule has 1 atom stereocenters. The molecule has 3 aromatic carbocycles. The molecule has 1 heterocycles. The Morgan fingerprint density at radius 1 is 0.944 bits per heavy atom. The minimum absolute atomic E-state index is 0.0767. The summed E-state index contributed by atoms with van der Waals surface area (Å²) in [7, 11) is 0. The zero-order chi connectivity index (χ0) is 25.5. The maximum atomic E-state index is 12.6. The smallest absolute Gasteiger partial charge is 0.331 e. The molecule has 2 N–H and O–H groups in total. The summed E-state index contributed by atoms with van der Waals surface area (Å²) in [5, 5.41) is 4.48. The molecule has 7 nitrogen and oxygen atoms in total. The van der Waals surface area contributed by atoms with Crippen LogP contribution in [0, 0.1) is 5.92 Å². The lowest BCUT2D eigenvalue weighted by Crippen LogP contribution is -2.34. The molecular weight excluding hydrogens is 456 g/mol. The predicted molar refractivity (Wildman–Crippen MR) is 140 cm³/mol. The molecule has 0 saturated heterocycles. The number of nitrogens with one attached hydrogen (secondary N) is 2. The molecule has 0 fully saturated rings. The second kappa shape index (κ2) is 11.4. The summed E-state index contributed by atoms with van der Waals surface area (Å²) in [6, 6.07) is 24.7. The van der Waals surface area contributed by atoms with Crippen LogP contribution in [0.25, 0.3) is 22.3 Å². The molecule has 186 valence electrons. The third-order valence-corrected chi connectivity index (χ3v) is 5.86. The maximum absolute atomic E-state index is 12.6. The lowest BCUT2D eigenvalue weighted by Gasteiger charge is -2.25. The van der Waals surface area contributed by atoms with Gasteiger partial charge in [-0.2, -0.15) is 5.48 Å². The fourth-order valence-electron chi connectivity index (χ4n) is 3.66. The molecule has 0 aliphatic heterocycles. The van der Waals surface area contributed by atoms with Crippen molar-refractivity contribution in [2.45, 2.75) is 33.2 Å². The number of carbonyl (C=O) groups is 2. The van der Waals surface area contributed by atoms with Gasteiger partial charge in [0.15, 0.2) is 0 Å². The van der Waals surface area contributed by atoms with Crippen LogP contribution in [-0.4, -0.2) is 24.5 Å². The fraction of sp³-hybridized carbons (Fsp3) is 0.241. The van der Waals surface area contributed by atoms with Gasteiger partial charge in [-0.25, -0.2) is 4.79 Å². The van der Waals surface area contributed by atoms with Crippen LogP contribution < -0.4 is 15.5 Å². The van der Waals surface area contributed by atoms with Gasteiger partial charge in [0.05, 0.1) is 11.6 Å². The van der Waals surface area contributed by atoms with Crippen molar-refractivity contribution in [1.29, 1.82) is 0 Å². The lowest BCUT2D eigenvalue weighted by molar-refractivity contribution is -0.148. The summed E-state index contributed by atoms with van der Waals surface area (Å²) in [5.41, 5.74) is 5.05. The monoisotopic (exact) mass is 486 g/mol. The zero-order valence-corrected chi connectivity index (χ0v) is 20.6. The quantitative estimate of drug-likeness (QED) is 0.273. The molecule has 4 rings (SSSR count). The van der Waals surface area contributed by atoms with E-state index in [1.54, 1.807) is 19.1 Å². The molecule has 1 amide bonds. The number of hydroxylamine groups is 1. The Kier molecular flexibility index (Phi) is 7.90. The summed E-state index contributed by atoms with van der Waals surface area (Å²) in [6.07, 6.45) is 0.173. The van der Waals surface area contributed by atoms with Crippen LogP contribution in [0.4, 0.5) is 5.69 Å². The van der Waals surface area contributed by atoms with Gasteiger partial charge in [0.1, 0.15) is 23.7 Å². The first kappa shape index (κ1) is 24.9. The van der Waals surface area contributed by atoms with Crippen molar-refractivity contribution in [3.05, 3.63) is 84.4 Å². The molecule has 7 heteroatoms. The summed E-state index contributed by atoms with van der Waals surface area (Å²) < 4.78 is 12.0. The van der Waals surface area contributed by atoms with E-state index in [-0.39, 0.29) is 18.4 Å². The number of hydrogen-bond acceptors (Lipinski definition) is 6. The first-order chi connectivity index (χ1) is 17.4. The maximum Gasteiger partial charge on any atom is 0.331 e. The van der Waals surface area contributed by atoms with Gasteiger partial charge >= 0.3 is 5.97 Å². The number of amides is 1. The third kappa shape index (κ3) is 6.05. The highest BCUT2D eigenvalue weighted by molar-refractivity contribution is 5.99. The Morgan fingerprint density at radius 3 is 2.39 bits per heavy atom. The van der Waals surface area contributed by atoms with E-state index in [1.165, 1.54) is 0 Å². The second-order valence-electron chi connectivity index (χ2n) is 8.78. The van der Waals surface area contributed by atoms with Gasteiger partial charge in [-0.05, 0) is 54.4 Å². The average molecular weight is 487 g/mol. The van der Waals surface area contributed by atoms with E-state index in [9.17, 15) is 9.59 Å². The van der Waals surface area contributed by atoms with Crippen LogP contribution in [0.1, 0.15) is 37.6 Å². The van der Waals surface area contributed by atoms with Crippen LogP contribution >= 0.6 is 0 Å². The first-order valence-corrected chi connectivity index (χ1v) is 12.0. The molecule has 0 spiro atoms. The van der Waals surface area contributed by atoms with Gasteiger partial charge in [-0.1, -0.05) is 51.1 Å². The van der Waals surface area contributed by atoms with Crippen molar-refractivity contribution in [3.63, 3.8) is 0 Å². The first-order valence-electron chi connectivity index (χ1n) is 12.0. The Bertz CT molecular complexity index is 1290. The van der Waals surface area contributed by atoms with Gasteiger partial charge < -0.3 is 19.3 Å². The highest BCUT2D eigenvalue weighted by Crippen LogP contribution is 2.29. The Labute approximate surface area is 210 Å². The van der Waals surface area contributed by atoms with Gasteiger partial charge in [0, 0.05) is 23.1 Å². The van der Waals surface area contributed by atoms with Gasteiger partial charge in [0.2, 0.25) is 0 Å². The normalized spacial score (nSPS) is 11.8. The van der Waals surface area contributed by atoms with Crippen molar-refractivity contribution in [2.75, 3.05) is 11.9 Å². The highest BCUT2D eigenvalue weighted by atomic mass is 16.7. The second-order valence-corrected chi connectivity index (χ2v) is 8.78. The molecule has 0 aliphatic carbocycles. The molecule has 1 aromatic heterocycles. The number of benzene rings is 3. The van der Waals surface area contributed by atoms with Gasteiger partial charge in [0.25, 0.3) is 5.91 Å². The van der Waals surface area contributed by atoms with Gasteiger partial charge in [-0.15, -0.1) is 0 Å². The highest BCUT2D eigenvalue weighted by Gasteiger charge is 2.19. The van der Waals surface area contributed by atoms with E-state index >= 15 is 0 Å². The van der Waals surface area contributed by atoms with Crippen LogP contribution in [0.3, 0.4) is 0 Å². The SMILES string of the molecule is CCC(=O)ONC(=O)c1ccccc1N[C@@H](COc1ccc(-c2cc3ccccc3o2)cc1)C(C)C. The average Bonchev–Trinajstić information content (AvgIpc) is 3.34. The number of ether oxygens (including phenoxy) is 1. The van der Waals surface area contributed by atoms with E-state index in [4.69, 9.17) is 14.0 Å². The largest absolute Gasteiger partial charge is 0.491 e. The Morgan fingerprint density at radius 2 is 1.67 bits per heavy atom. The van der Waals surface area contributed by atoms with Gasteiger partial charge in [-0.3, -0.25) is 4.79 Å². The van der Waals surface area contributed by atoms with Crippen molar-refractivity contribution in [3.8, 4) is 17.1 Å². The molecule has 0 radical (unpaired) electrons. The standard InChI is InChI=1S/C29H30N2O5/c1-4-28(32)36-31-29(33)23-10-6-7-11-24(23)30-25(19(2)3)18-34-22-15-13-20(14-16-22)27-17-21-9-5-8-12-26(21)35-27/h5-17,19,25,30H,4,18H2,1-3H3,(H,31,33)/t25-/m0/s1. The Balaban J connectivity index is 1.40. The fourth-order valence-corrected chi connectivity index (χ4v) is 3.66. The molecule has 0 saturated carbocycles. The topological polar surface area (TPSA) is 89.8 Å². The third-order valence-electron chi connectivity index (χ3n) is 5.86. The van der Waals surface area contributed by atoms with Crippen molar-refractivity contribution < 1.29 is 23.6 Å². The van der Waals surface area contributed by atoms with E-state index in [1.807, 2.05) is 66.7 Å². The molecule has 0 bridgehead atoms. The summed E-state index contributed by atoms with van der Waals surface area (Å²) in [6.45, 7) is 6.21. The van der Waals surface area contributed by atoms with Crippen molar-refractivity contribution in [1.82, 2.24) is 5.48 Å². The molecule has 0 aliphatic rings. The number of hydrogen-bond donors (Lipinski definition) is 2. The number of anilines is 1. The molecule has 4 aromatic rings. The van der Waals surface area contributed by atoms with E-state index in [2.05, 4.69) is 24.6 Å². The summed E-state index contributed by atoms with van der Waals surface area (Å²) in [4.78, 5) is 28.7. The zero-order valence-electron chi connectivity index (χ0n) is 20.6. The number of carbonyl (C=O) groups excluding carboxylic acids is 2. The molecule has 0 unspecified atom stereocenters. The summed E-state index contributed by atoms with van der Waals surface area (Å²) >= 11 is 0. The predicted octanol–water partition coefficient (Wildman–Crippen LogP) is 6.21. The Hall–Kier alpha value is -4.26. The minimum atomic E-state index is -0.506. The van der Waals surface area contributed by atoms with Crippen LogP contribution in [-0.2, 0) is 9.63 Å². The lowest BCUT2D eigenvalue weighted by atomic mass is 10.0. The number of rotatable bonds is 9. The van der Waals surface area contributed by atoms with Crippen LogP contribution in [0.2, 0.25) is 0 Å². The van der Waals surface area contributed by atoms with Crippen LogP contribution in [0.15, 0.2) is 83.3 Å². The summed E-state index contributed by atoms with van der Waals surface area (Å²) in [5.74, 6) is 0.760.